The Labute approximate surface area is 115 Å². The first-order chi connectivity index (χ1) is 9.08. The molecule has 0 bridgehead atoms. The van der Waals surface area contributed by atoms with Crippen LogP contribution in [0.2, 0.25) is 0 Å². The van der Waals surface area contributed by atoms with Gasteiger partial charge in [0.05, 0.1) is 5.56 Å². The Hall–Kier alpha value is -1.35. The number of hydrogen-bond donors (Lipinski definition) is 1. The van der Waals surface area contributed by atoms with Gasteiger partial charge in [-0.3, -0.25) is 4.90 Å². The minimum absolute atomic E-state index is 0.438. The zero-order chi connectivity index (χ0) is 13.8. The van der Waals surface area contributed by atoms with Crippen molar-refractivity contribution >= 4 is 5.97 Å². The molecule has 0 saturated carbocycles. The van der Waals surface area contributed by atoms with Crippen LogP contribution >= 0.6 is 0 Å². The quantitative estimate of drug-likeness (QED) is 0.904. The van der Waals surface area contributed by atoms with Gasteiger partial charge in [-0.2, -0.15) is 0 Å². The van der Waals surface area contributed by atoms with Crippen molar-refractivity contribution in [2.75, 3.05) is 13.1 Å². The minimum Gasteiger partial charge on any atom is -0.478 e. The first kappa shape index (κ1) is 14.1. The number of piperidine rings is 1. The lowest BCUT2D eigenvalue weighted by Gasteiger charge is -2.34. The molecule has 1 aliphatic rings. The maximum absolute atomic E-state index is 11.2. The molecule has 1 aromatic rings. The number of carboxylic acids is 1. The molecule has 1 saturated heterocycles. The highest BCUT2D eigenvalue weighted by Crippen LogP contribution is 2.25. The predicted octanol–water partition coefficient (Wildman–Crippen LogP) is 3.25. The van der Waals surface area contributed by atoms with Crippen LogP contribution < -0.4 is 0 Å². The molecule has 1 aromatic carbocycles. The average molecular weight is 261 g/mol. The minimum atomic E-state index is -0.826. The maximum atomic E-state index is 11.2. The van der Waals surface area contributed by atoms with E-state index in [4.69, 9.17) is 0 Å². The van der Waals surface area contributed by atoms with Gasteiger partial charge in [-0.05, 0) is 49.4 Å². The molecule has 1 N–H and O–H groups in total. The standard InChI is InChI=1S/C16H23NO2/c1-12(2)13-7-9-17(10-8-13)11-14-5-3-4-6-15(14)16(18)19/h3-6,12-13H,7-11H2,1-2H3,(H,18,19). The maximum Gasteiger partial charge on any atom is 0.336 e. The van der Waals surface area contributed by atoms with Gasteiger partial charge in [0.25, 0.3) is 0 Å². The van der Waals surface area contributed by atoms with E-state index in [0.29, 0.717) is 5.56 Å². The van der Waals surface area contributed by atoms with Gasteiger partial charge in [0.15, 0.2) is 0 Å². The first-order valence-electron chi connectivity index (χ1n) is 7.11. The molecule has 2 rings (SSSR count). The van der Waals surface area contributed by atoms with Crippen LogP contribution in [0.5, 0.6) is 0 Å². The van der Waals surface area contributed by atoms with Crippen molar-refractivity contribution in [1.82, 2.24) is 4.90 Å². The van der Waals surface area contributed by atoms with Gasteiger partial charge in [0.1, 0.15) is 0 Å². The molecule has 3 heteroatoms. The molecular weight excluding hydrogens is 238 g/mol. The van der Waals surface area contributed by atoms with Gasteiger partial charge in [0, 0.05) is 6.54 Å². The van der Waals surface area contributed by atoms with Crippen molar-refractivity contribution in [1.29, 1.82) is 0 Å². The predicted molar refractivity (Wildman–Crippen MR) is 76.2 cm³/mol. The monoisotopic (exact) mass is 261 g/mol. The molecule has 0 spiro atoms. The summed E-state index contributed by atoms with van der Waals surface area (Å²) in [4.78, 5) is 13.6. The van der Waals surface area contributed by atoms with Crippen LogP contribution in [0.4, 0.5) is 0 Å². The van der Waals surface area contributed by atoms with Crippen molar-refractivity contribution in [2.45, 2.75) is 33.2 Å². The Bertz CT molecular complexity index is 434. The summed E-state index contributed by atoms with van der Waals surface area (Å²) in [6.07, 6.45) is 2.46. The fourth-order valence-corrected chi connectivity index (χ4v) is 2.89. The highest BCUT2D eigenvalue weighted by atomic mass is 16.4. The van der Waals surface area contributed by atoms with Gasteiger partial charge < -0.3 is 5.11 Å². The Morgan fingerprint density at radius 1 is 1.32 bits per heavy atom. The molecular formula is C16H23NO2. The second-order valence-electron chi connectivity index (χ2n) is 5.82. The van der Waals surface area contributed by atoms with Gasteiger partial charge in [-0.25, -0.2) is 4.79 Å². The number of carboxylic acid groups (broad SMARTS) is 1. The third-order valence-corrected chi connectivity index (χ3v) is 4.22. The van der Waals surface area contributed by atoms with E-state index in [9.17, 15) is 9.90 Å². The van der Waals surface area contributed by atoms with Crippen molar-refractivity contribution in [3.8, 4) is 0 Å². The van der Waals surface area contributed by atoms with Gasteiger partial charge in [-0.15, -0.1) is 0 Å². The molecule has 0 aromatic heterocycles. The lowest BCUT2D eigenvalue weighted by Crippen LogP contribution is -2.35. The van der Waals surface area contributed by atoms with E-state index >= 15 is 0 Å². The molecule has 0 amide bonds. The van der Waals surface area contributed by atoms with E-state index in [0.717, 1.165) is 37.0 Å². The molecule has 0 radical (unpaired) electrons. The number of carbonyl (C=O) groups is 1. The molecule has 1 aliphatic heterocycles. The van der Waals surface area contributed by atoms with Crippen molar-refractivity contribution in [3.05, 3.63) is 35.4 Å². The Morgan fingerprint density at radius 3 is 2.53 bits per heavy atom. The van der Waals surface area contributed by atoms with E-state index in [2.05, 4.69) is 18.7 Å². The third kappa shape index (κ3) is 3.57. The van der Waals surface area contributed by atoms with Crippen LogP contribution in [0.15, 0.2) is 24.3 Å². The summed E-state index contributed by atoms with van der Waals surface area (Å²) in [6.45, 7) is 7.50. The van der Waals surface area contributed by atoms with Gasteiger partial charge in [0.2, 0.25) is 0 Å². The normalized spacial score (nSPS) is 17.8. The van der Waals surface area contributed by atoms with Crippen LogP contribution in [0, 0.1) is 11.8 Å². The topological polar surface area (TPSA) is 40.5 Å². The lowest BCUT2D eigenvalue weighted by atomic mass is 9.86. The van der Waals surface area contributed by atoms with E-state index in [1.165, 1.54) is 12.8 Å². The fraction of sp³-hybridized carbons (Fsp3) is 0.562. The van der Waals surface area contributed by atoms with Crippen LogP contribution in [0.25, 0.3) is 0 Å². The smallest absolute Gasteiger partial charge is 0.336 e. The van der Waals surface area contributed by atoms with Gasteiger partial charge >= 0.3 is 5.97 Å². The second kappa shape index (κ2) is 6.20. The number of benzene rings is 1. The number of nitrogens with zero attached hydrogens (tertiary/aromatic N) is 1. The first-order valence-corrected chi connectivity index (χ1v) is 7.11. The largest absolute Gasteiger partial charge is 0.478 e. The molecule has 1 fully saturated rings. The van der Waals surface area contributed by atoms with Crippen molar-refractivity contribution < 1.29 is 9.90 Å². The molecule has 3 nitrogen and oxygen atoms in total. The van der Waals surface area contributed by atoms with Crippen LogP contribution in [0.1, 0.15) is 42.6 Å². The third-order valence-electron chi connectivity index (χ3n) is 4.22. The van der Waals surface area contributed by atoms with Crippen molar-refractivity contribution in [2.24, 2.45) is 11.8 Å². The summed E-state index contributed by atoms with van der Waals surface area (Å²) in [7, 11) is 0. The van der Waals surface area contributed by atoms with E-state index < -0.39 is 5.97 Å². The number of rotatable bonds is 4. The van der Waals surface area contributed by atoms with Crippen LogP contribution in [-0.4, -0.2) is 29.1 Å². The molecule has 0 atom stereocenters. The van der Waals surface area contributed by atoms with E-state index in [-0.39, 0.29) is 0 Å². The molecule has 104 valence electrons. The van der Waals surface area contributed by atoms with Crippen LogP contribution in [0.3, 0.4) is 0 Å². The summed E-state index contributed by atoms with van der Waals surface area (Å²) in [5.41, 5.74) is 1.37. The summed E-state index contributed by atoms with van der Waals surface area (Å²) in [5.74, 6) is 0.757. The SMILES string of the molecule is CC(C)C1CCN(Cc2ccccc2C(=O)O)CC1. The zero-order valence-electron chi connectivity index (χ0n) is 11.8. The molecule has 0 unspecified atom stereocenters. The van der Waals surface area contributed by atoms with Crippen LogP contribution in [-0.2, 0) is 6.54 Å². The average Bonchev–Trinajstić information content (AvgIpc) is 2.39. The highest BCUT2D eigenvalue weighted by Gasteiger charge is 2.22. The number of likely N-dealkylation sites (tertiary alicyclic amines) is 1. The zero-order valence-corrected chi connectivity index (χ0v) is 11.8. The number of aromatic carboxylic acids is 1. The van der Waals surface area contributed by atoms with Gasteiger partial charge in [-0.1, -0.05) is 32.0 Å². The Kier molecular flexibility index (Phi) is 4.59. The summed E-state index contributed by atoms with van der Waals surface area (Å²) in [6, 6.07) is 7.33. The lowest BCUT2D eigenvalue weighted by molar-refractivity contribution is 0.0693. The summed E-state index contributed by atoms with van der Waals surface area (Å²) < 4.78 is 0. The van der Waals surface area contributed by atoms with Crippen molar-refractivity contribution in [3.63, 3.8) is 0 Å². The summed E-state index contributed by atoms with van der Waals surface area (Å²) >= 11 is 0. The molecule has 19 heavy (non-hydrogen) atoms. The second-order valence-corrected chi connectivity index (χ2v) is 5.82. The number of hydrogen-bond acceptors (Lipinski definition) is 2. The summed E-state index contributed by atoms with van der Waals surface area (Å²) in [5, 5.41) is 9.19. The Morgan fingerprint density at radius 2 is 1.95 bits per heavy atom. The molecule has 1 heterocycles. The fourth-order valence-electron chi connectivity index (χ4n) is 2.89. The van der Waals surface area contributed by atoms with E-state index in [1.807, 2.05) is 12.1 Å². The van der Waals surface area contributed by atoms with E-state index in [1.54, 1.807) is 12.1 Å². The molecule has 0 aliphatic carbocycles. The Balaban J connectivity index is 1.98. The highest BCUT2D eigenvalue weighted by molar-refractivity contribution is 5.89.